The van der Waals surface area contributed by atoms with Gasteiger partial charge in [0, 0.05) is 18.9 Å². The number of quaternary nitrogens is 1. The molecule has 8 nitrogen and oxygen atoms in total. The highest BCUT2D eigenvalue weighted by atomic mass is 16.5. The molecule has 1 saturated heterocycles. The zero-order valence-electron chi connectivity index (χ0n) is 16.6. The first-order chi connectivity index (χ1) is 13.6. The van der Waals surface area contributed by atoms with Crippen LogP contribution in [0.4, 0.5) is 5.95 Å². The van der Waals surface area contributed by atoms with Crippen LogP contribution >= 0.6 is 0 Å². The van der Waals surface area contributed by atoms with Crippen LogP contribution in [-0.4, -0.2) is 62.3 Å². The number of amides is 1. The van der Waals surface area contributed by atoms with Gasteiger partial charge in [-0.2, -0.15) is 0 Å². The largest absolute Gasteiger partial charge is 0.493 e. The van der Waals surface area contributed by atoms with Gasteiger partial charge in [0.15, 0.2) is 17.5 Å². The Hall–Kier alpha value is -2.87. The van der Waals surface area contributed by atoms with E-state index in [1.807, 2.05) is 31.2 Å². The summed E-state index contributed by atoms with van der Waals surface area (Å²) in [5.74, 6) is 2.14. The first kappa shape index (κ1) is 19.9. The van der Waals surface area contributed by atoms with Crippen LogP contribution in [0.2, 0.25) is 0 Å². The monoisotopic (exact) mass is 386 g/mol. The van der Waals surface area contributed by atoms with Gasteiger partial charge < -0.3 is 24.6 Å². The molecule has 1 aromatic carbocycles. The topological polar surface area (TPSA) is 81.0 Å². The molecule has 1 amide bonds. The van der Waals surface area contributed by atoms with Gasteiger partial charge in [-0.3, -0.25) is 4.79 Å². The van der Waals surface area contributed by atoms with Gasteiger partial charge in [0.25, 0.3) is 5.91 Å². The minimum Gasteiger partial charge on any atom is -0.493 e. The summed E-state index contributed by atoms with van der Waals surface area (Å²) in [5, 5.41) is 3.03. The van der Waals surface area contributed by atoms with Gasteiger partial charge in [-0.15, -0.1) is 0 Å². The molecule has 8 heteroatoms. The maximum Gasteiger partial charge on any atom is 0.278 e. The Balaban J connectivity index is 1.50. The molecule has 0 spiro atoms. The number of hydrogen-bond acceptors (Lipinski definition) is 6. The second-order valence-corrected chi connectivity index (χ2v) is 6.82. The fourth-order valence-electron chi connectivity index (χ4n) is 3.40. The molecule has 28 heavy (non-hydrogen) atoms. The van der Waals surface area contributed by atoms with Crippen LogP contribution in [0.1, 0.15) is 12.5 Å². The number of anilines is 1. The number of benzene rings is 1. The Morgan fingerprint density at radius 3 is 2.50 bits per heavy atom. The number of rotatable bonds is 7. The summed E-state index contributed by atoms with van der Waals surface area (Å²) in [6.07, 6.45) is 3.51. The summed E-state index contributed by atoms with van der Waals surface area (Å²) in [6.45, 7) is 5.88. The molecule has 1 fully saturated rings. The maximum absolute atomic E-state index is 12.6. The number of aromatic nitrogens is 2. The lowest BCUT2D eigenvalue weighted by atomic mass is 10.1. The van der Waals surface area contributed by atoms with Gasteiger partial charge in [0.1, 0.15) is 0 Å². The standard InChI is InChI=1S/C20H27N5O3/c1-15(24-9-11-25(12-10-24)20-21-7-4-8-22-20)19(26)23-14-16-5-6-17(27-2)18(13-16)28-3/h4-8,13,15H,9-12,14H2,1-3H3,(H,23,26)/p+1/t15-/m0/s1. The molecule has 2 N–H and O–H groups in total. The van der Waals surface area contributed by atoms with Crippen LogP contribution in [-0.2, 0) is 11.3 Å². The van der Waals surface area contributed by atoms with Crippen molar-refractivity contribution in [3.8, 4) is 11.5 Å². The molecule has 1 aliphatic rings. The second kappa shape index (κ2) is 9.36. The van der Waals surface area contributed by atoms with Gasteiger partial charge in [0.2, 0.25) is 5.95 Å². The molecule has 0 unspecified atom stereocenters. The molecule has 2 aromatic rings. The number of nitrogens with one attached hydrogen (secondary N) is 2. The number of methoxy groups -OCH3 is 2. The minimum absolute atomic E-state index is 0.0502. The highest BCUT2D eigenvalue weighted by Crippen LogP contribution is 2.27. The van der Waals surface area contributed by atoms with E-state index in [2.05, 4.69) is 20.2 Å². The van der Waals surface area contributed by atoms with Crippen LogP contribution in [0.25, 0.3) is 0 Å². The highest BCUT2D eigenvalue weighted by molar-refractivity contribution is 5.79. The average Bonchev–Trinajstić information content (AvgIpc) is 2.77. The second-order valence-electron chi connectivity index (χ2n) is 6.82. The van der Waals surface area contributed by atoms with Gasteiger partial charge in [-0.05, 0) is 30.7 Å². The van der Waals surface area contributed by atoms with Crippen LogP contribution < -0.4 is 24.6 Å². The molecular weight excluding hydrogens is 358 g/mol. The van der Waals surface area contributed by atoms with E-state index in [-0.39, 0.29) is 11.9 Å². The van der Waals surface area contributed by atoms with Crippen LogP contribution in [0, 0.1) is 0 Å². The zero-order chi connectivity index (χ0) is 19.9. The van der Waals surface area contributed by atoms with E-state index >= 15 is 0 Å². The van der Waals surface area contributed by atoms with Crippen LogP contribution in [0.3, 0.4) is 0 Å². The number of carbonyl (C=O) groups excluding carboxylic acids is 1. The molecule has 0 aliphatic carbocycles. The highest BCUT2D eigenvalue weighted by Gasteiger charge is 2.29. The van der Waals surface area contributed by atoms with Crippen LogP contribution in [0.15, 0.2) is 36.7 Å². The van der Waals surface area contributed by atoms with E-state index < -0.39 is 0 Å². The summed E-state index contributed by atoms with van der Waals surface area (Å²) in [4.78, 5) is 24.7. The molecule has 2 heterocycles. The quantitative estimate of drug-likeness (QED) is 0.692. The van der Waals surface area contributed by atoms with Crippen molar-refractivity contribution in [1.29, 1.82) is 0 Å². The van der Waals surface area contributed by atoms with E-state index in [4.69, 9.17) is 9.47 Å². The molecule has 1 aromatic heterocycles. The Bertz CT molecular complexity index is 779. The van der Waals surface area contributed by atoms with Crippen molar-refractivity contribution in [2.45, 2.75) is 19.5 Å². The first-order valence-corrected chi connectivity index (χ1v) is 9.47. The molecular formula is C20H28N5O3+. The van der Waals surface area contributed by atoms with Crippen molar-refractivity contribution in [2.24, 2.45) is 0 Å². The van der Waals surface area contributed by atoms with E-state index in [0.29, 0.717) is 18.0 Å². The molecule has 150 valence electrons. The molecule has 1 atom stereocenters. The number of hydrogen-bond donors (Lipinski definition) is 2. The molecule has 3 rings (SSSR count). The number of ether oxygens (including phenoxy) is 2. The normalized spacial score (nSPS) is 15.8. The minimum atomic E-state index is -0.112. The van der Waals surface area contributed by atoms with Crippen molar-refractivity contribution in [3.05, 3.63) is 42.2 Å². The number of piperazine rings is 1. The van der Waals surface area contributed by atoms with Crippen molar-refractivity contribution < 1.29 is 19.2 Å². The molecule has 1 aliphatic heterocycles. The summed E-state index contributed by atoms with van der Waals surface area (Å²) in [5.41, 5.74) is 0.972. The SMILES string of the molecule is COc1ccc(CNC(=O)[C@H](C)[NH+]2CCN(c3ncccn3)CC2)cc1OC. The third kappa shape index (κ3) is 4.69. The maximum atomic E-state index is 12.6. The Morgan fingerprint density at radius 2 is 1.86 bits per heavy atom. The van der Waals surface area contributed by atoms with Gasteiger partial charge >= 0.3 is 0 Å². The summed E-state index contributed by atoms with van der Waals surface area (Å²) in [7, 11) is 3.21. The third-order valence-electron chi connectivity index (χ3n) is 5.16. The van der Waals surface area contributed by atoms with Gasteiger partial charge in [0.05, 0.1) is 40.4 Å². The van der Waals surface area contributed by atoms with Crippen LogP contribution in [0.5, 0.6) is 11.5 Å². The fraction of sp³-hybridized carbons (Fsp3) is 0.450. The van der Waals surface area contributed by atoms with Crippen molar-refractivity contribution in [1.82, 2.24) is 15.3 Å². The fourth-order valence-corrected chi connectivity index (χ4v) is 3.40. The predicted molar refractivity (Wildman–Crippen MR) is 106 cm³/mol. The smallest absolute Gasteiger partial charge is 0.278 e. The van der Waals surface area contributed by atoms with Crippen molar-refractivity contribution >= 4 is 11.9 Å². The Kier molecular flexibility index (Phi) is 6.65. The lowest BCUT2D eigenvalue weighted by molar-refractivity contribution is -0.914. The Morgan fingerprint density at radius 1 is 1.18 bits per heavy atom. The predicted octanol–water partition coefficient (Wildman–Crippen LogP) is -0.0964. The van der Waals surface area contributed by atoms with Crippen molar-refractivity contribution in [2.75, 3.05) is 45.3 Å². The molecule has 0 radical (unpaired) electrons. The lowest BCUT2D eigenvalue weighted by Gasteiger charge is -2.34. The van der Waals surface area contributed by atoms with Crippen molar-refractivity contribution in [3.63, 3.8) is 0 Å². The summed E-state index contributed by atoms with van der Waals surface area (Å²) >= 11 is 0. The lowest BCUT2D eigenvalue weighted by Crippen LogP contribution is -3.19. The van der Waals surface area contributed by atoms with E-state index in [9.17, 15) is 4.79 Å². The average molecular weight is 386 g/mol. The summed E-state index contributed by atoms with van der Waals surface area (Å²) in [6, 6.07) is 7.36. The first-order valence-electron chi connectivity index (χ1n) is 9.47. The van der Waals surface area contributed by atoms with E-state index in [1.54, 1.807) is 26.6 Å². The third-order valence-corrected chi connectivity index (χ3v) is 5.16. The molecule has 0 bridgehead atoms. The number of carbonyl (C=O) groups is 1. The zero-order valence-corrected chi connectivity index (χ0v) is 16.6. The number of nitrogens with zero attached hydrogens (tertiary/aromatic N) is 3. The van der Waals surface area contributed by atoms with Gasteiger partial charge in [-0.1, -0.05) is 6.07 Å². The van der Waals surface area contributed by atoms with E-state index in [1.165, 1.54) is 4.90 Å². The van der Waals surface area contributed by atoms with Gasteiger partial charge in [-0.25, -0.2) is 9.97 Å². The summed E-state index contributed by atoms with van der Waals surface area (Å²) < 4.78 is 10.6. The molecule has 0 saturated carbocycles. The Labute approximate surface area is 165 Å². The van der Waals surface area contributed by atoms with E-state index in [0.717, 1.165) is 37.7 Å².